The van der Waals surface area contributed by atoms with Crippen molar-refractivity contribution in [2.75, 3.05) is 4.90 Å². The molecule has 1 N–H and O–H groups in total. The molecule has 7 nitrogen and oxygen atoms in total. The summed E-state index contributed by atoms with van der Waals surface area (Å²) in [4.78, 5) is 39.2. The van der Waals surface area contributed by atoms with Gasteiger partial charge in [0.25, 0.3) is 5.69 Å². The van der Waals surface area contributed by atoms with Crippen LogP contribution < -0.4 is 4.90 Å². The van der Waals surface area contributed by atoms with Gasteiger partial charge in [-0.1, -0.05) is 60.7 Å². The zero-order valence-corrected chi connectivity index (χ0v) is 16.1. The molecule has 4 aliphatic rings. The van der Waals surface area contributed by atoms with Gasteiger partial charge in [-0.2, -0.15) is 0 Å². The molecule has 1 saturated heterocycles. The molecule has 7 rings (SSSR count). The Balaban J connectivity index is 1.62. The van der Waals surface area contributed by atoms with Gasteiger partial charge in [0.2, 0.25) is 11.8 Å². The van der Waals surface area contributed by atoms with E-state index >= 15 is 0 Å². The second kappa shape index (κ2) is 5.86. The average molecular weight is 412 g/mol. The van der Waals surface area contributed by atoms with Crippen LogP contribution in [0, 0.1) is 22.0 Å². The number of nitrogens with zero attached hydrogens (tertiary/aromatic N) is 2. The first-order valence-corrected chi connectivity index (χ1v) is 9.98. The van der Waals surface area contributed by atoms with E-state index in [1.807, 2.05) is 24.3 Å². The van der Waals surface area contributed by atoms with Gasteiger partial charge in [-0.25, -0.2) is 4.90 Å². The minimum absolute atomic E-state index is 0.0620. The fourth-order valence-electron chi connectivity index (χ4n) is 5.78. The Kier molecular flexibility index (Phi) is 3.40. The molecule has 0 aromatic heterocycles. The van der Waals surface area contributed by atoms with Crippen molar-refractivity contribution in [3.63, 3.8) is 0 Å². The van der Waals surface area contributed by atoms with E-state index in [9.17, 15) is 24.8 Å². The van der Waals surface area contributed by atoms with Crippen molar-refractivity contribution in [1.82, 2.24) is 0 Å². The van der Waals surface area contributed by atoms with Crippen molar-refractivity contribution in [1.29, 1.82) is 0 Å². The first-order valence-electron chi connectivity index (χ1n) is 9.98. The van der Waals surface area contributed by atoms with E-state index in [1.165, 1.54) is 18.2 Å². The molecule has 3 aromatic rings. The number of amides is 2. The number of imide groups is 1. The van der Waals surface area contributed by atoms with Crippen molar-refractivity contribution >= 4 is 23.2 Å². The first kappa shape index (κ1) is 18.0. The van der Waals surface area contributed by atoms with Gasteiger partial charge in [0.1, 0.15) is 11.3 Å². The predicted octanol–water partition coefficient (Wildman–Crippen LogP) is 3.10. The number of nitro benzene ring substituents is 1. The molecular formula is C24H16N2O5. The molecule has 3 aromatic carbocycles. The summed E-state index contributed by atoms with van der Waals surface area (Å²) >= 11 is 0. The van der Waals surface area contributed by atoms with E-state index in [0.29, 0.717) is 11.1 Å². The standard InChI is InChI=1S/C24H16N2O5/c27-22-20-19-13-7-1-3-9-15(13)24(29,16-10-4-2-8-14(16)19)21(20)23(28)25(22)17-11-5-6-12-18(17)26(30)31/h1-12,19-21,29H. The Morgan fingerprint density at radius 2 is 1.39 bits per heavy atom. The molecule has 2 atom stereocenters. The summed E-state index contributed by atoms with van der Waals surface area (Å²) in [6, 6.07) is 20.3. The Morgan fingerprint density at radius 1 is 0.839 bits per heavy atom. The number of rotatable bonds is 2. The van der Waals surface area contributed by atoms with Gasteiger partial charge in [0.05, 0.1) is 16.8 Å². The lowest BCUT2D eigenvalue weighted by molar-refractivity contribution is -0.384. The van der Waals surface area contributed by atoms with Crippen LogP contribution in [0.25, 0.3) is 0 Å². The van der Waals surface area contributed by atoms with Crippen molar-refractivity contribution in [2.24, 2.45) is 11.8 Å². The highest BCUT2D eigenvalue weighted by molar-refractivity contribution is 6.24. The molecule has 3 aliphatic carbocycles. The fraction of sp³-hybridized carbons (Fsp3) is 0.167. The number of hydrogen-bond donors (Lipinski definition) is 1. The van der Waals surface area contributed by atoms with Crippen LogP contribution in [0.15, 0.2) is 72.8 Å². The Bertz CT molecular complexity index is 1270. The molecule has 2 bridgehead atoms. The monoisotopic (exact) mass is 412 g/mol. The van der Waals surface area contributed by atoms with E-state index in [4.69, 9.17) is 0 Å². The summed E-state index contributed by atoms with van der Waals surface area (Å²) in [7, 11) is 0. The SMILES string of the molecule is O=C1C2C3c4ccccc4C(O)(c4ccccc43)C2C(=O)N1c1ccccc1[N+](=O)[O-]. The number of carbonyl (C=O) groups is 2. The zero-order valence-electron chi connectivity index (χ0n) is 16.1. The lowest BCUT2D eigenvalue weighted by atomic mass is 9.52. The average Bonchev–Trinajstić information content (AvgIpc) is 3.05. The molecule has 1 heterocycles. The maximum Gasteiger partial charge on any atom is 0.293 e. The van der Waals surface area contributed by atoms with Gasteiger partial charge in [-0.3, -0.25) is 19.7 Å². The molecule has 0 spiro atoms. The Morgan fingerprint density at radius 3 is 2.00 bits per heavy atom. The third-order valence-electron chi connectivity index (χ3n) is 6.89. The van der Waals surface area contributed by atoms with Crippen LogP contribution in [0.5, 0.6) is 0 Å². The Labute approximate surface area is 176 Å². The van der Waals surface area contributed by atoms with Crippen molar-refractivity contribution in [2.45, 2.75) is 11.5 Å². The van der Waals surface area contributed by atoms with Gasteiger partial charge < -0.3 is 5.11 Å². The van der Waals surface area contributed by atoms with Crippen molar-refractivity contribution < 1.29 is 19.6 Å². The summed E-state index contributed by atoms with van der Waals surface area (Å²) in [6.07, 6.45) is 0. The first-order chi connectivity index (χ1) is 15.0. The minimum atomic E-state index is -1.68. The van der Waals surface area contributed by atoms with Crippen LogP contribution in [-0.4, -0.2) is 21.8 Å². The number of para-hydroxylation sites is 2. The molecule has 0 radical (unpaired) electrons. The molecule has 2 unspecified atom stereocenters. The van der Waals surface area contributed by atoms with Crippen LogP contribution >= 0.6 is 0 Å². The maximum absolute atomic E-state index is 13.7. The second-order valence-corrected chi connectivity index (χ2v) is 8.18. The van der Waals surface area contributed by atoms with E-state index in [-0.39, 0.29) is 11.4 Å². The van der Waals surface area contributed by atoms with E-state index in [2.05, 4.69) is 0 Å². The highest BCUT2D eigenvalue weighted by atomic mass is 16.6. The van der Waals surface area contributed by atoms with E-state index < -0.39 is 40.1 Å². The van der Waals surface area contributed by atoms with E-state index in [0.717, 1.165) is 16.0 Å². The topological polar surface area (TPSA) is 101 Å². The molecule has 0 saturated carbocycles. The molecule has 31 heavy (non-hydrogen) atoms. The zero-order chi connectivity index (χ0) is 21.5. The second-order valence-electron chi connectivity index (χ2n) is 8.18. The number of hydrogen-bond acceptors (Lipinski definition) is 5. The highest BCUT2D eigenvalue weighted by Crippen LogP contribution is 2.63. The summed E-state index contributed by atoms with van der Waals surface area (Å²) in [5.74, 6) is -3.41. The molecular weight excluding hydrogens is 396 g/mol. The van der Waals surface area contributed by atoms with Crippen LogP contribution in [0.2, 0.25) is 0 Å². The summed E-state index contributed by atoms with van der Waals surface area (Å²) in [6.45, 7) is 0. The van der Waals surface area contributed by atoms with Gasteiger partial charge in [0, 0.05) is 12.0 Å². The van der Waals surface area contributed by atoms with Gasteiger partial charge in [-0.15, -0.1) is 0 Å². The Hall–Kier alpha value is -3.84. The third-order valence-corrected chi connectivity index (χ3v) is 6.89. The number of nitro groups is 1. The lowest BCUT2D eigenvalue weighted by Gasteiger charge is -2.51. The number of anilines is 1. The summed E-state index contributed by atoms with van der Waals surface area (Å²) in [5, 5.41) is 23.7. The van der Waals surface area contributed by atoms with Crippen LogP contribution in [0.1, 0.15) is 28.2 Å². The molecule has 1 aliphatic heterocycles. The number of benzene rings is 3. The number of carbonyl (C=O) groups excluding carboxylic acids is 2. The van der Waals surface area contributed by atoms with E-state index in [1.54, 1.807) is 30.3 Å². The quantitative estimate of drug-likeness (QED) is 0.396. The fourth-order valence-corrected chi connectivity index (χ4v) is 5.78. The van der Waals surface area contributed by atoms with Crippen molar-refractivity contribution in [3.05, 3.63) is 105 Å². The van der Waals surface area contributed by atoms with Crippen LogP contribution in [0.3, 0.4) is 0 Å². The van der Waals surface area contributed by atoms with Gasteiger partial charge in [-0.05, 0) is 28.3 Å². The largest absolute Gasteiger partial charge is 0.379 e. The minimum Gasteiger partial charge on any atom is -0.379 e. The van der Waals surface area contributed by atoms with Crippen LogP contribution in [0.4, 0.5) is 11.4 Å². The molecule has 7 heteroatoms. The summed E-state index contributed by atoms with van der Waals surface area (Å²) in [5.41, 5.74) is 0.796. The predicted molar refractivity (Wildman–Crippen MR) is 110 cm³/mol. The number of aliphatic hydroxyl groups is 1. The van der Waals surface area contributed by atoms with Crippen LogP contribution in [-0.2, 0) is 15.2 Å². The molecule has 2 amide bonds. The van der Waals surface area contributed by atoms with Gasteiger partial charge in [0.15, 0.2) is 0 Å². The highest BCUT2D eigenvalue weighted by Gasteiger charge is 2.68. The maximum atomic E-state index is 13.7. The molecule has 1 fully saturated rings. The lowest BCUT2D eigenvalue weighted by Crippen LogP contribution is -2.53. The normalized spacial score (nSPS) is 27.6. The van der Waals surface area contributed by atoms with Crippen molar-refractivity contribution in [3.8, 4) is 0 Å². The smallest absolute Gasteiger partial charge is 0.293 e. The summed E-state index contributed by atoms with van der Waals surface area (Å²) < 4.78 is 0. The third kappa shape index (κ3) is 2.01. The van der Waals surface area contributed by atoms with Gasteiger partial charge >= 0.3 is 0 Å². The molecule has 152 valence electrons.